The summed E-state index contributed by atoms with van der Waals surface area (Å²) in [5.74, 6) is -0.0425. The Bertz CT molecular complexity index is 496. The molecule has 2 atom stereocenters. The first-order valence-corrected chi connectivity index (χ1v) is 5.93. The number of rotatable bonds is 4. The minimum absolute atomic E-state index is 0.0425. The molecule has 2 unspecified atom stereocenters. The van der Waals surface area contributed by atoms with Crippen LogP contribution in [0.4, 0.5) is 0 Å². The number of para-hydroxylation sites is 1. The summed E-state index contributed by atoms with van der Waals surface area (Å²) in [6.07, 6.45) is -0.366. The highest BCUT2D eigenvalue weighted by Gasteiger charge is 2.25. The number of hydrogen-bond acceptors (Lipinski definition) is 4. The Morgan fingerprint density at radius 2 is 1.78 bits per heavy atom. The second kappa shape index (κ2) is 5.29. The minimum Gasteiger partial charge on any atom is -0.390 e. The highest BCUT2D eigenvalue weighted by Crippen LogP contribution is 2.22. The Labute approximate surface area is 106 Å². The highest BCUT2D eigenvalue weighted by molar-refractivity contribution is 5.32. The molecular weight excluding hydrogens is 230 g/mol. The molecule has 0 aliphatic rings. The normalized spacial score (nSPS) is 14.7. The van der Waals surface area contributed by atoms with Gasteiger partial charge in [0.1, 0.15) is 6.10 Å². The fourth-order valence-electron chi connectivity index (χ4n) is 1.75. The lowest BCUT2D eigenvalue weighted by Crippen LogP contribution is -2.25. The van der Waals surface area contributed by atoms with Crippen molar-refractivity contribution in [1.29, 1.82) is 0 Å². The van der Waals surface area contributed by atoms with Gasteiger partial charge in [-0.15, -0.1) is 5.10 Å². The summed E-state index contributed by atoms with van der Waals surface area (Å²) in [5.41, 5.74) is 1.29. The third-order valence-corrected chi connectivity index (χ3v) is 2.89. The number of hydrogen-bond donors (Lipinski definition) is 2. The first-order valence-electron chi connectivity index (χ1n) is 5.93. The Morgan fingerprint density at radius 3 is 2.39 bits per heavy atom. The number of benzene rings is 1. The van der Waals surface area contributed by atoms with E-state index in [2.05, 4.69) is 10.3 Å². The second-order valence-corrected chi connectivity index (χ2v) is 4.59. The third kappa shape index (κ3) is 2.42. The lowest BCUT2D eigenvalue weighted by atomic mass is 10.00. The Kier molecular flexibility index (Phi) is 3.74. The first kappa shape index (κ1) is 12.7. The van der Waals surface area contributed by atoms with Gasteiger partial charge in [0.2, 0.25) is 0 Å². The Hall–Kier alpha value is -1.72. The van der Waals surface area contributed by atoms with E-state index in [9.17, 15) is 10.2 Å². The molecule has 1 aromatic carbocycles. The van der Waals surface area contributed by atoms with Crippen molar-refractivity contribution in [3.63, 3.8) is 0 Å². The molecule has 0 spiro atoms. The molecule has 96 valence electrons. The third-order valence-electron chi connectivity index (χ3n) is 2.89. The van der Waals surface area contributed by atoms with Crippen LogP contribution in [0.15, 0.2) is 36.5 Å². The van der Waals surface area contributed by atoms with Crippen LogP contribution in [0.2, 0.25) is 0 Å². The average molecular weight is 247 g/mol. The van der Waals surface area contributed by atoms with Crippen LogP contribution in [0.25, 0.3) is 5.69 Å². The van der Waals surface area contributed by atoms with Gasteiger partial charge in [-0.05, 0) is 18.1 Å². The molecule has 0 radical (unpaired) electrons. The SMILES string of the molecule is CC(C)C(O)C(O)c1cnnn1-c1ccccc1. The van der Waals surface area contributed by atoms with Gasteiger partial charge in [0.15, 0.2) is 0 Å². The predicted molar refractivity (Wildman–Crippen MR) is 67.2 cm³/mol. The number of aromatic nitrogens is 3. The molecule has 0 saturated carbocycles. The highest BCUT2D eigenvalue weighted by atomic mass is 16.3. The topological polar surface area (TPSA) is 71.2 Å². The molecule has 18 heavy (non-hydrogen) atoms. The predicted octanol–water partition coefficient (Wildman–Crippen LogP) is 1.32. The summed E-state index contributed by atoms with van der Waals surface area (Å²) in [6, 6.07) is 9.40. The molecule has 0 aliphatic carbocycles. The molecule has 5 nitrogen and oxygen atoms in total. The van der Waals surface area contributed by atoms with E-state index in [0.717, 1.165) is 5.69 Å². The maximum atomic E-state index is 10.1. The van der Waals surface area contributed by atoms with Crippen molar-refractivity contribution in [2.45, 2.75) is 26.1 Å². The molecule has 0 saturated heterocycles. The van der Waals surface area contributed by atoms with Gasteiger partial charge in [0.05, 0.1) is 23.7 Å². The van der Waals surface area contributed by atoms with E-state index in [0.29, 0.717) is 5.69 Å². The molecule has 2 aromatic rings. The average Bonchev–Trinajstić information content (AvgIpc) is 2.87. The van der Waals surface area contributed by atoms with Gasteiger partial charge in [-0.1, -0.05) is 37.3 Å². The van der Waals surface area contributed by atoms with Gasteiger partial charge in [-0.2, -0.15) is 0 Å². The Morgan fingerprint density at radius 1 is 1.11 bits per heavy atom. The van der Waals surface area contributed by atoms with E-state index in [1.165, 1.54) is 10.9 Å². The van der Waals surface area contributed by atoms with Crippen molar-refractivity contribution >= 4 is 0 Å². The molecule has 2 N–H and O–H groups in total. The van der Waals surface area contributed by atoms with Crippen molar-refractivity contribution in [2.24, 2.45) is 5.92 Å². The molecule has 0 amide bonds. The lowest BCUT2D eigenvalue weighted by Gasteiger charge is -2.21. The second-order valence-electron chi connectivity index (χ2n) is 4.59. The zero-order valence-electron chi connectivity index (χ0n) is 10.4. The van der Waals surface area contributed by atoms with Crippen LogP contribution in [-0.4, -0.2) is 31.3 Å². The molecule has 2 rings (SSSR count). The summed E-state index contributed by atoms with van der Waals surface area (Å²) in [7, 11) is 0. The fraction of sp³-hybridized carbons (Fsp3) is 0.385. The van der Waals surface area contributed by atoms with Gasteiger partial charge < -0.3 is 10.2 Å². The van der Waals surface area contributed by atoms with E-state index in [-0.39, 0.29) is 5.92 Å². The number of aliphatic hydroxyl groups is 2. The smallest absolute Gasteiger partial charge is 0.124 e. The van der Waals surface area contributed by atoms with Crippen molar-refractivity contribution in [2.75, 3.05) is 0 Å². The van der Waals surface area contributed by atoms with E-state index < -0.39 is 12.2 Å². The maximum Gasteiger partial charge on any atom is 0.124 e. The molecule has 0 aliphatic heterocycles. The van der Waals surface area contributed by atoms with Gasteiger partial charge in [-0.25, -0.2) is 4.68 Å². The van der Waals surface area contributed by atoms with Crippen LogP contribution < -0.4 is 0 Å². The van der Waals surface area contributed by atoms with Gasteiger partial charge in [0.25, 0.3) is 0 Å². The first-order chi connectivity index (χ1) is 8.61. The summed E-state index contributed by atoms with van der Waals surface area (Å²) in [4.78, 5) is 0. The summed E-state index contributed by atoms with van der Waals surface area (Å²) >= 11 is 0. The lowest BCUT2D eigenvalue weighted by molar-refractivity contribution is -0.0129. The Balaban J connectivity index is 2.34. The number of nitrogens with zero attached hydrogens (tertiary/aromatic N) is 3. The van der Waals surface area contributed by atoms with Gasteiger partial charge in [-0.3, -0.25) is 0 Å². The van der Waals surface area contributed by atoms with Crippen molar-refractivity contribution in [1.82, 2.24) is 15.0 Å². The fourth-order valence-corrected chi connectivity index (χ4v) is 1.75. The van der Waals surface area contributed by atoms with E-state index in [1.54, 1.807) is 0 Å². The van der Waals surface area contributed by atoms with Crippen LogP contribution in [0.1, 0.15) is 25.6 Å². The van der Waals surface area contributed by atoms with Crippen LogP contribution >= 0.6 is 0 Å². The van der Waals surface area contributed by atoms with Crippen molar-refractivity contribution in [3.8, 4) is 5.69 Å². The van der Waals surface area contributed by atoms with Crippen LogP contribution in [0.3, 0.4) is 0 Å². The maximum absolute atomic E-state index is 10.1. The van der Waals surface area contributed by atoms with E-state index in [1.807, 2.05) is 44.2 Å². The largest absolute Gasteiger partial charge is 0.390 e. The quantitative estimate of drug-likeness (QED) is 0.854. The standard InChI is InChI=1S/C13H17N3O2/c1-9(2)12(17)13(18)11-8-14-15-16(11)10-6-4-3-5-7-10/h3-9,12-13,17-18H,1-2H3. The molecule has 0 fully saturated rings. The molecule has 5 heteroatoms. The summed E-state index contributed by atoms with van der Waals surface area (Å²) in [6.45, 7) is 3.70. The van der Waals surface area contributed by atoms with Crippen molar-refractivity contribution < 1.29 is 10.2 Å². The molecule has 1 heterocycles. The monoisotopic (exact) mass is 247 g/mol. The van der Waals surface area contributed by atoms with Gasteiger partial charge >= 0.3 is 0 Å². The van der Waals surface area contributed by atoms with E-state index in [4.69, 9.17) is 0 Å². The summed E-state index contributed by atoms with van der Waals surface area (Å²) in [5, 5.41) is 27.8. The van der Waals surface area contributed by atoms with E-state index >= 15 is 0 Å². The molecule has 1 aromatic heterocycles. The minimum atomic E-state index is -1.000. The zero-order valence-corrected chi connectivity index (χ0v) is 10.4. The zero-order chi connectivity index (χ0) is 13.1. The van der Waals surface area contributed by atoms with Crippen LogP contribution in [0, 0.1) is 5.92 Å². The summed E-state index contributed by atoms with van der Waals surface area (Å²) < 4.78 is 1.54. The number of aliphatic hydroxyl groups excluding tert-OH is 2. The van der Waals surface area contributed by atoms with Crippen LogP contribution in [0.5, 0.6) is 0 Å². The molecular formula is C13H17N3O2. The molecule has 0 bridgehead atoms. The van der Waals surface area contributed by atoms with Gasteiger partial charge in [0, 0.05) is 0 Å². The van der Waals surface area contributed by atoms with Crippen molar-refractivity contribution in [3.05, 3.63) is 42.2 Å². The van der Waals surface area contributed by atoms with Crippen LogP contribution in [-0.2, 0) is 0 Å².